The number of carbonyl (C=O) groups is 1. The average molecular weight is 407 g/mol. The first kappa shape index (κ1) is 22.6. The standard InChI is InChI=1S/C9H11F6NO6S2/c1-5(2)7(17)22-4-3-6(10)8(11,12)23(18,19)16-24(20,21)9(13,14)15/h6,16H,1,3-4H2,2H3. The number of rotatable bonds is 8. The van der Waals surface area contributed by atoms with E-state index in [0.29, 0.717) is 0 Å². The summed E-state index contributed by atoms with van der Waals surface area (Å²) in [6, 6.07) is 0. The van der Waals surface area contributed by atoms with E-state index >= 15 is 0 Å². The SMILES string of the molecule is C=C(C)C(=O)OCCC(F)C(F)(F)S(=O)(=O)NS(=O)(=O)C(F)(F)F. The van der Waals surface area contributed by atoms with E-state index in [4.69, 9.17) is 0 Å². The number of alkyl halides is 6. The summed E-state index contributed by atoms with van der Waals surface area (Å²) in [5, 5.41) is -5.54. The van der Waals surface area contributed by atoms with Gasteiger partial charge in [0.15, 0.2) is 6.17 Å². The van der Waals surface area contributed by atoms with Gasteiger partial charge in [0.2, 0.25) is 0 Å². The van der Waals surface area contributed by atoms with Gasteiger partial charge in [-0.2, -0.15) is 22.0 Å². The lowest BCUT2D eigenvalue weighted by Gasteiger charge is -2.21. The van der Waals surface area contributed by atoms with Crippen molar-refractivity contribution < 1.29 is 52.7 Å². The minimum absolute atomic E-state index is 0.178. The molecule has 0 aliphatic carbocycles. The smallest absolute Gasteiger partial charge is 0.462 e. The third kappa shape index (κ3) is 5.34. The molecule has 0 radical (unpaired) electrons. The van der Waals surface area contributed by atoms with Gasteiger partial charge in [-0.15, -0.1) is 0 Å². The first-order chi connectivity index (χ1) is 10.5. The number of nitrogens with one attached hydrogen (secondary N) is 1. The van der Waals surface area contributed by atoms with Crippen LogP contribution in [0.2, 0.25) is 0 Å². The molecule has 0 rings (SSSR count). The fourth-order valence-corrected chi connectivity index (χ4v) is 3.39. The van der Waals surface area contributed by atoms with Crippen LogP contribution in [0.1, 0.15) is 13.3 Å². The van der Waals surface area contributed by atoms with E-state index in [2.05, 4.69) is 11.3 Å². The minimum Gasteiger partial charge on any atom is -0.462 e. The van der Waals surface area contributed by atoms with Crippen molar-refractivity contribution in [3.05, 3.63) is 12.2 Å². The molecule has 0 heterocycles. The molecule has 0 saturated carbocycles. The topological polar surface area (TPSA) is 107 Å². The molecule has 0 saturated heterocycles. The largest absolute Gasteiger partial charge is 0.512 e. The Kier molecular flexibility index (Phi) is 6.86. The predicted octanol–water partition coefficient (Wildman–Crippen LogP) is 1.20. The Bertz CT molecular complexity index is 699. The van der Waals surface area contributed by atoms with Crippen LogP contribution >= 0.6 is 0 Å². The van der Waals surface area contributed by atoms with Crippen LogP contribution in [0.5, 0.6) is 0 Å². The molecule has 0 fully saturated rings. The van der Waals surface area contributed by atoms with Crippen LogP contribution in [0.25, 0.3) is 0 Å². The molecule has 0 aliphatic heterocycles. The Hall–Kier alpha value is -1.35. The maximum atomic E-state index is 13.4. The molecule has 0 aromatic rings. The van der Waals surface area contributed by atoms with Gasteiger partial charge < -0.3 is 4.74 Å². The Labute approximate surface area is 132 Å². The van der Waals surface area contributed by atoms with Gasteiger partial charge in [0.25, 0.3) is 10.0 Å². The van der Waals surface area contributed by atoms with Gasteiger partial charge in [0, 0.05) is 12.0 Å². The van der Waals surface area contributed by atoms with Gasteiger partial charge >= 0.3 is 26.8 Å². The van der Waals surface area contributed by atoms with E-state index in [1.165, 1.54) is 6.92 Å². The second kappa shape index (κ2) is 7.26. The molecule has 0 aromatic heterocycles. The predicted molar refractivity (Wildman–Crippen MR) is 67.3 cm³/mol. The summed E-state index contributed by atoms with van der Waals surface area (Å²) in [7, 11) is -13.3. The van der Waals surface area contributed by atoms with Crippen LogP contribution in [0.15, 0.2) is 12.2 Å². The number of ether oxygens (including phenoxy) is 1. The molecule has 1 unspecified atom stereocenters. The molecule has 0 aromatic carbocycles. The lowest BCUT2D eigenvalue weighted by Crippen LogP contribution is -2.51. The van der Waals surface area contributed by atoms with Crippen LogP contribution < -0.4 is 4.13 Å². The van der Waals surface area contributed by atoms with E-state index in [9.17, 15) is 48.0 Å². The first-order valence-electron chi connectivity index (χ1n) is 5.64. The van der Waals surface area contributed by atoms with Crippen molar-refractivity contribution in [2.24, 2.45) is 0 Å². The van der Waals surface area contributed by atoms with Crippen LogP contribution in [0.3, 0.4) is 0 Å². The number of esters is 1. The highest BCUT2D eigenvalue weighted by molar-refractivity contribution is 8.05. The fourth-order valence-electron chi connectivity index (χ4n) is 0.962. The normalized spacial score (nSPS) is 15.0. The van der Waals surface area contributed by atoms with Gasteiger partial charge in [-0.1, -0.05) is 10.7 Å². The van der Waals surface area contributed by atoms with Gasteiger partial charge in [-0.25, -0.2) is 26.0 Å². The summed E-state index contributed by atoms with van der Waals surface area (Å²) in [6.07, 6.45) is -5.09. The summed E-state index contributed by atoms with van der Waals surface area (Å²) in [4.78, 5) is 10.9. The zero-order valence-corrected chi connectivity index (χ0v) is 13.4. The highest BCUT2D eigenvalue weighted by Gasteiger charge is 2.58. The fraction of sp³-hybridized carbons (Fsp3) is 0.667. The Morgan fingerprint density at radius 1 is 1.12 bits per heavy atom. The zero-order valence-electron chi connectivity index (χ0n) is 11.7. The molecule has 0 aliphatic rings. The summed E-state index contributed by atoms with van der Waals surface area (Å²) in [6.45, 7) is 3.22. The highest BCUT2D eigenvalue weighted by Crippen LogP contribution is 2.32. The van der Waals surface area contributed by atoms with Crippen molar-refractivity contribution >= 4 is 26.0 Å². The summed E-state index contributed by atoms with van der Waals surface area (Å²) < 4.78 is 123. The molecular weight excluding hydrogens is 396 g/mol. The number of hydrogen-bond donors (Lipinski definition) is 1. The number of carbonyl (C=O) groups excluding carboxylic acids is 1. The lowest BCUT2D eigenvalue weighted by molar-refractivity contribution is -0.140. The molecule has 7 nitrogen and oxygen atoms in total. The Morgan fingerprint density at radius 2 is 1.58 bits per heavy atom. The van der Waals surface area contributed by atoms with Crippen molar-refractivity contribution in [2.45, 2.75) is 30.3 Å². The van der Waals surface area contributed by atoms with Crippen molar-refractivity contribution in [3.8, 4) is 0 Å². The molecule has 24 heavy (non-hydrogen) atoms. The molecule has 0 spiro atoms. The maximum absolute atomic E-state index is 13.4. The van der Waals surface area contributed by atoms with E-state index < -0.39 is 56.0 Å². The highest BCUT2D eigenvalue weighted by atomic mass is 32.3. The van der Waals surface area contributed by atoms with Gasteiger partial charge in [-0.3, -0.25) is 0 Å². The third-order valence-corrected chi connectivity index (χ3v) is 5.54. The average Bonchev–Trinajstić information content (AvgIpc) is 2.35. The second-order valence-corrected chi connectivity index (χ2v) is 7.96. The molecule has 0 bridgehead atoms. The van der Waals surface area contributed by atoms with Gasteiger partial charge in [-0.05, 0) is 6.92 Å². The Morgan fingerprint density at radius 3 is 1.96 bits per heavy atom. The molecule has 0 amide bonds. The summed E-state index contributed by atoms with van der Waals surface area (Å²) in [5.41, 5.74) is -6.39. The van der Waals surface area contributed by atoms with Crippen molar-refractivity contribution in [1.82, 2.24) is 4.13 Å². The number of sulfonamides is 2. The quantitative estimate of drug-likeness (QED) is 0.368. The molecule has 142 valence electrons. The van der Waals surface area contributed by atoms with Crippen molar-refractivity contribution in [3.63, 3.8) is 0 Å². The van der Waals surface area contributed by atoms with Crippen LogP contribution in [0, 0.1) is 0 Å². The zero-order chi connectivity index (χ0) is 19.6. The number of halogens is 6. The van der Waals surface area contributed by atoms with Crippen LogP contribution in [-0.2, 0) is 29.6 Å². The Balaban J connectivity index is 5.14. The minimum atomic E-state index is -6.70. The summed E-state index contributed by atoms with van der Waals surface area (Å²) in [5.74, 6) is -1.11. The van der Waals surface area contributed by atoms with Gasteiger partial charge in [0.05, 0.1) is 6.61 Å². The molecule has 1 N–H and O–H groups in total. The van der Waals surface area contributed by atoms with E-state index in [1.54, 1.807) is 0 Å². The number of hydrogen-bond acceptors (Lipinski definition) is 6. The van der Waals surface area contributed by atoms with Crippen molar-refractivity contribution in [2.75, 3.05) is 6.61 Å². The lowest BCUT2D eigenvalue weighted by atomic mass is 10.3. The first-order valence-corrected chi connectivity index (χ1v) is 8.61. The molecule has 15 heteroatoms. The second-order valence-electron chi connectivity index (χ2n) is 4.27. The summed E-state index contributed by atoms with van der Waals surface area (Å²) >= 11 is 0. The molecular formula is C9H11F6NO6S2. The third-order valence-electron chi connectivity index (χ3n) is 2.20. The van der Waals surface area contributed by atoms with Crippen molar-refractivity contribution in [1.29, 1.82) is 0 Å². The maximum Gasteiger partial charge on any atom is 0.512 e. The van der Waals surface area contributed by atoms with E-state index in [1.807, 2.05) is 0 Å². The van der Waals surface area contributed by atoms with E-state index in [-0.39, 0.29) is 9.70 Å². The van der Waals surface area contributed by atoms with Crippen LogP contribution in [0.4, 0.5) is 26.3 Å². The van der Waals surface area contributed by atoms with Gasteiger partial charge in [0.1, 0.15) is 0 Å². The molecule has 1 atom stereocenters. The monoisotopic (exact) mass is 407 g/mol. The van der Waals surface area contributed by atoms with Crippen LogP contribution in [-0.4, -0.2) is 46.3 Å². The van der Waals surface area contributed by atoms with E-state index in [0.717, 1.165) is 0 Å².